The molecule has 9 heteroatoms. The number of hydrogen-bond acceptors (Lipinski definition) is 5. The average molecular weight is 352 g/mol. The Balaban J connectivity index is 2.19. The Hall–Kier alpha value is -2.26. The van der Waals surface area contributed by atoms with E-state index in [9.17, 15) is 18.5 Å². The molecule has 0 spiro atoms. The molecular weight excluding hydrogens is 332 g/mol. The predicted octanol–water partition coefficient (Wildman–Crippen LogP) is 2.07. The number of non-ortho nitro benzene ring substituents is 1. The zero-order valence-electron chi connectivity index (χ0n) is 13.8. The lowest BCUT2D eigenvalue weighted by molar-refractivity contribution is -0.384. The summed E-state index contributed by atoms with van der Waals surface area (Å²) in [6.45, 7) is 3.86. The van der Waals surface area contributed by atoms with E-state index >= 15 is 0 Å². The van der Waals surface area contributed by atoms with Crippen LogP contribution in [0.15, 0.2) is 36.7 Å². The van der Waals surface area contributed by atoms with Gasteiger partial charge in [0.2, 0.25) is 10.0 Å². The highest BCUT2D eigenvalue weighted by Crippen LogP contribution is 2.19. The predicted molar refractivity (Wildman–Crippen MR) is 89.6 cm³/mol. The molecular formula is C15H20N4O4S. The third-order valence-corrected chi connectivity index (χ3v) is 5.49. The summed E-state index contributed by atoms with van der Waals surface area (Å²) >= 11 is 0. The lowest BCUT2D eigenvalue weighted by Crippen LogP contribution is -2.37. The van der Waals surface area contributed by atoms with Gasteiger partial charge >= 0.3 is 0 Å². The van der Waals surface area contributed by atoms with Crippen LogP contribution in [0.3, 0.4) is 0 Å². The molecule has 1 aromatic heterocycles. The number of nitro benzene ring substituents is 1. The van der Waals surface area contributed by atoms with E-state index in [4.69, 9.17) is 0 Å². The van der Waals surface area contributed by atoms with Crippen molar-refractivity contribution in [2.75, 3.05) is 0 Å². The minimum Gasteiger partial charge on any atom is -0.275 e. The van der Waals surface area contributed by atoms with Gasteiger partial charge in [0.15, 0.2) is 0 Å². The van der Waals surface area contributed by atoms with Crippen LogP contribution in [0.5, 0.6) is 0 Å². The van der Waals surface area contributed by atoms with E-state index in [1.807, 2.05) is 13.8 Å². The molecule has 0 aliphatic heterocycles. The first kappa shape index (κ1) is 18.1. The van der Waals surface area contributed by atoms with Crippen molar-refractivity contribution in [2.45, 2.75) is 32.2 Å². The SMILES string of the molecule is CC(C)N(Cc1cnn(C)c1)S(=O)(=O)Cc1ccc([N+](=O)[O-])cc1. The Morgan fingerprint density at radius 3 is 2.33 bits per heavy atom. The van der Waals surface area contributed by atoms with Crippen LogP contribution in [0.4, 0.5) is 5.69 Å². The van der Waals surface area contributed by atoms with E-state index in [2.05, 4.69) is 5.10 Å². The molecule has 0 bridgehead atoms. The number of nitro groups is 1. The molecule has 130 valence electrons. The molecule has 0 aliphatic rings. The fourth-order valence-corrected chi connectivity index (χ4v) is 4.11. The Bertz CT molecular complexity index is 812. The van der Waals surface area contributed by atoms with Gasteiger partial charge in [-0.1, -0.05) is 12.1 Å². The zero-order valence-corrected chi connectivity index (χ0v) is 14.6. The molecule has 24 heavy (non-hydrogen) atoms. The van der Waals surface area contributed by atoms with Crippen molar-refractivity contribution in [3.05, 3.63) is 57.9 Å². The second-order valence-electron chi connectivity index (χ2n) is 5.84. The quantitative estimate of drug-likeness (QED) is 0.561. The number of hydrogen-bond donors (Lipinski definition) is 0. The summed E-state index contributed by atoms with van der Waals surface area (Å²) in [6, 6.07) is 5.35. The third-order valence-electron chi connectivity index (χ3n) is 3.53. The number of sulfonamides is 1. The first-order valence-corrected chi connectivity index (χ1v) is 9.00. The van der Waals surface area contributed by atoms with E-state index < -0.39 is 14.9 Å². The van der Waals surface area contributed by atoms with Gasteiger partial charge in [-0.3, -0.25) is 14.8 Å². The van der Waals surface area contributed by atoms with E-state index in [1.54, 1.807) is 24.1 Å². The average Bonchev–Trinajstić information content (AvgIpc) is 2.90. The smallest absolute Gasteiger partial charge is 0.269 e. The number of benzene rings is 1. The zero-order chi connectivity index (χ0) is 17.9. The van der Waals surface area contributed by atoms with E-state index in [1.165, 1.54) is 28.6 Å². The van der Waals surface area contributed by atoms with E-state index in [-0.39, 0.29) is 24.0 Å². The van der Waals surface area contributed by atoms with Gasteiger partial charge in [-0.2, -0.15) is 9.40 Å². The van der Waals surface area contributed by atoms with Gasteiger partial charge in [-0.25, -0.2) is 8.42 Å². The number of aryl methyl sites for hydroxylation is 1. The van der Waals surface area contributed by atoms with Gasteiger partial charge < -0.3 is 0 Å². The fraction of sp³-hybridized carbons (Fsp3) is 0.400. The highest BCUT2D eigenvalue weighted by atomic mass is 32.2. The molecule has 0 fully saturated rings. The second kappa shape index (κ2) is 7.10. The summed E-state index contributed by atoms with van der Waals surface area (Å²) in [5.74, 6) is -0.205. The van der Waals surface area contributed by atoms with E-state index in [0.717, 1.165) is 5.56 Å². The molecule has 0 unspecified atom stereocenters. The van der Waals surface area contributed by atoms with Crippen LogP contribution in [0, 0.1) is 10.1 Å². The lowest BCUT2D eigenvalue weighted by atomic mass is 10.2. The highest BCUT2D eigenvalue weighted by molar-refractivity contribution is 7.88. The van der Waals surface area contributed by atoms with Gasteiger partial charge in [-0.15, -0.1) is 0 Å². The van der Waals surface area contributed by atoms with Gasteiger partial charge in [0, 0.05) is 43.5 Å². The normalized spacial score (nSPS) is 12.0. The van der Waals surface area contributed by atoms with Crippen LogP contribution in [0.1, 0.15) is 25.0 Å². The lowest BCUT2D eigenvalue weighted by Gasteiger charge is -2.25. The maximum absolute atomic E-state index is 12.7. The van der Waals surface area contributed by atoms with E-state index in [0.29, 0.717) is 5.56 Å². The molecule has 8 nitrogen and oxygen atoms in total. The minimum atomic E-state index is -3.57. The first-order chi connectivity index (χ1) is 11.2. The largest absolute Gasteiger partial charge is 0.275 e. The molecule has 0 amide bonds. The molecule has 0 saturated heterocycles. The first-order valence-electron chi connectivity index (χ1n) is 7.39. The summed E-state index contributed by atoms with van der Waals surface area (Å²) in [6.07, 6.45) is 3.41. The summed E-state index contributed by atoms with van der Waals surface area (Å²) < 4.78 is 28.5. The number of rotatable bonds is 7. The Morgan fingerprint density at radius 1 is 1.25 bits per heavy atom. The Kier molecular flexibility index (Phi) is 5.35. The topological polar surface area (TPSA) is 98.3 Å². The number of aromatic nitrogens is 2. The van der Waals surface area contributed by atoms with Gasteiger partial charge in [0.05, 0.1) is 16.9 Å². The summed E-state index contributed by atoms with van der Waals surface area (Å²) in [5.41, 5.74) is 1.25. The van der Waals surface area contributed by atoms with Crippen molar-refractivity contribution in [2.24, 2.45) is 7.05 Å². The Labute approximate surface area is 140 Å². The van der Waals surface area contributed by atoms with Crippen molar-refractivity contribution in [1.82, 2.24) is 14.1 Å². The van der Waals surface area contributed by atoms with Crippen molar-refractivity contribution >= 4 is 15.7 Å². The molecule has 0 saturated carbocycles. The van der Waals surface area contributed by atoms with Gasteiger partial charge in [0.25, 0.3) is 5.69 Å². The molecule has 0 aliphatic carbocycles. The van der Waals surface area contributed by atoms with Crippen LogP contribution in [-0.4, -0.2) is 33.5 Å². The third kappa shape index (κ3) is 4.39. The van der Waals surface area contributed by atoms with Crippen molar-refractivity contribution in [3.8, 4) is 0 Å². The molecule has 2 rings (SSSR count). The Morgan fingerprint density at radius 2 is 1.88 bits per heavy atom. The van der Waals surface area contributed by atoms with Gasteiger partial charge in [0.1, 0.15) is 0 Å². The van der Waals surface area contributed by atoms with Crippen molar-refractivity contribution < 1.29 is 13.3 Å². The van der Waals surface area contributed by atoms with Crippen LogP contribution in [0.25, 0.3) is 0 Å². The monoisotopic (exact) mass is 352 g/mol. The summed E-state index contributed by atoms with van der Waals surface area (Å²) in [4.78, 5) is 10.2. The number of nitrogens with zero attached hydrogens (tertiary/aromatic N) is 4. The highest BCUT2D eigenvalue weighted by Gasteiger charge is 2.26. The maximum atomic E-state index is 12.7. The molecule has 0 N–H and O–H groups in total. The van der Waals surface area contributed by atoms with Crippen LogP contribution in [-0.2, 0) is 29.4 Å². The maximum Gasteiger partial charge on any atom is 0.269 e. The second-order valence-corrected chi connectivity index (χ2v) is 7.76. The summed E-state index contributed by atoms with van der Waals surface area (Å²) in [5, 5.41) is 14.7. The van der Waals surface area contributed by atoms with Crippen LogP contribution >= 0.6 is 0 Å². The summed E-state index contributed by atoms with van der Waals surface area (Å²) in [7, 11) is -1.80. The fourth-order valence-electron chi connectivity index (χ4n) is 2.34. The standard InChI is InChI=1S/C15H20N4O4S/c1-12(2)18(10-14-8-16-17(3)9-14)24(22,23)11-13-4-6-15(7-5-13)19(20)21/h4-9,12H,10-11H2,1-3H3. The minimum absolute atomic E-state index is 0.0628. The molecule has 1 heterocycles. The van der Waals surface area contributed by atoms with Crippen LogP contribution in [0.2, 0.25) is 0 Å². The molecule has 2 aromatic rings. The van der Waals surface area contributed by atoms with Gasteiger partial charge in [-0.05, 0) is 19.4 Å². The molecule has 1 aromatic carbocycles. The van der Waals surface area contributed by atoms with Crippen molar-refractivity contribution in [1.29, 1.82) is 0 Å². The van der Waals surface area contributed by atoms with Crippen LogP contribution < -0.4 is 0 Å². The molecule has 0 atom stereocenters. The van der Waals surface area contributed by atoms with Crippen molar-refractivity contribution in [3.63, 3.8) is 0 Å². The molecule has 0 radical (unpaired) electrons.